The Morgan fingerprint density at radius 1 is 0.754 bits per heavy atom. The van der Waals surface area contributed by atoms with Crippen LogP contribution in [-0.4, -0.2) is 53.5 Å². The number of ether oxygens (including phenoxy) is 2. The smallest absolute Gasteiger partial charge is 0.407 e. The molecule has 0 spiro atoms. The van der Waals surface area contributed by atoms with Crippen molar-refractivity contribution in [2.24, 2.45) is 11.8 Å². The van der Waals surface area contributed by atoms with Gasteiger partial charge in [-0.15, -0.1) is 0 Å². The third kappa shape index (κ3) is 9.41. The van der Waals surface area contributed by atoms with E-state index in [1.807, 2.05) is 12.1 Å². The third-order valence-corrected chi connectivity index (χ3v) is 11.6. The van der Waals surface area contributed by atoms with Crippen LogP contribution in [0.1, 0.15) is 88.1 Å². The quantitative estimate of drug-likeness (QED) is 0.103. The molecular formula is C45H48ClF2N3O6. The summed E-state index contributed by atoms with van der Waals surface area (Å²) in [5.74, 6) is -6.89. The molecule has 3 aliphatic carbocycles. The van der Waals surface area contributed by atoms with Crippen LogP contribution in [0.5, 0.6) is 5.75 Å². The minimum atomic E-state index is -3.92. The Balaban J connectivity index is 1.10. The fourth-order valence-corrected chi connectivity index (χ4v) is 8.71. The number of alkyl halides is 2. The standard InChI is InChI=1S/C45H48ClF2N3O6/c1-44(2,3)57-43(55)49-35-23-30-9-10-31(24-35)38(30)50-42(54)40(45(47,48)33-17-12-26(13-18-33)27-14-19-34(46)20-15-27)51-41(53)39(52)32-11-8-29-25-37(21-16-28(29)22-32)56-36-6-4-5-7-36/h8,11-22,25,30-31,35-36,38,40H,4-7,9-10,23-24H2,1-3H3,(H,49,55)(H,50,54)(H,51,53). The maximum atomic E-state index is 16.7. The molecule has 0 radical (unpaired) electrons. The van der Waals surface area contributed by atoms with E-state index in [1.165, 1.54) is 36.4 Å². The van der Waals surface area contributed by atoms with Crippen molar-refractivity contribution in [3.63, 3.8) is 0 Å². The summed E-state index contributed by atoms with van der Waals surface area (Å²) < 4.78 is 44.9. The Labute approximate surface area is 336 Å². The van der Waals surface area contributed by atoms with Crippen LogP contribution in [0.4, 0.5) is 13.6 Å². The second kappa shape index (κ2) is 16.4. The molecule has 3 N–H and O–H groups in total. The molecule has 3 atom stereocenters. The van der Waals surface area contributed by atoms with Gasteiger partial charge >= 0.3 is 12.0 Å². The van der Waals surface area contributed by atoms with E-state index in [2.05, 4.69) is 16.0 Å². The van der Waals surface area contributed by atoms with E-state index in [1.54, 1.807) is 57.2 Å². The topological polar surface area (TPSA) is 123 Å². The fraction of sp³-hybridized carbons (Fsp3) is 0.422. The van der Waals surface area contributed by atoms with Crippen molar-refractivity contribution in [1.82, 2.24) is 16.0 Å². The number of hydrogen-bond donors (Lipinski definition) is 3. The highest BCUT2D eigenvalue weighted by atomic mass is 35.5. The lowest BCUT2D eigenvalue weighted by molar-refractivity contribution is -0.141. The van der Waals surface area contributed by atoms with Gasteiger partial charge in [-0.05, 0) is 136 Å². The number of alkyl carbamates (subject to hydrolysis) is 1. The molecule has 0 saturated heterocycles. The molecular weight excluding hydrogens is 752 g/mol. The van der Waals surface area contributed by atoms with Crippen LogP contribution in [0.15, 0.2) is 84.9 Å². The Hall–Kier alpha value is -5.03. The van der Waals surface area contributed by atoms with Gasteiger partial charge in [-0.2, -0.15) is 8.78 Å². The SMILES string of the molecule is CC(C)(C)OC(=O)NC1CC2CCC(C1)C2NC(=O)C(NC(=O)C(=O)c1ccc2cc(OC3CCCC3)ccc2c1)C(F)(F)c1ccc(-c2ccc(Cl)cc2)cc1. The van der Waals surface area contributed by atoms with Gasteiger partial charge in [-0.25, -0.2) is 4.79 Å². The zero-order valence-corrected chi connectivity index (χ0v) is 33.0. The highest BCUT2D eigenvalue weighted by Gasteiger charge is 2.51. The Morgan fingerprint density at radius 3 is 1.98 bits per heavy atom. The van der Waals surface area contributed by atoms with Crippen molar-refractivity contribution in [2.75, 3.05) is 0 Å². The van der Waals surface area contributed by atoms with Crippen molar-refractivity contribution >= 4 is 46.1 Å². The number of Topliss-reactive ketones (excluding diaryl/α,β-unsaturated/α-hetero) is 1. The van der Waals surface area contributed by atoms with Gasteiger partial charge in [0.1, 0.15) is 11.4 Å². The summed E-state index contributed by atoms with van der Waals surface area (Å²) in [6.07, 6.45) is 6.42. The molecule has 9 nitrogen and oxygen atoms in total. The molecule has 0 heterocycles. The maximum Gasteiger partial charge on any atom is 0.407 e. The van der Waals surface area contributed by atoms with E-state index < -0.39 is 52.9 Å². The number of hydrogen-bond acceptors (Lipinski definition) is 6. The zero-order valence-electron chi connectivity index (χ0n) is 32.3. The van der Waals surface area contributed by atoms with Crippen molar-refractivity contribution in [1.29, 1.82) is 0 Å². The molecule has 3 amide bonds. The monoisotopic (exact) mass is 799 g/mol. The Morgan fingerprint density at radius 2 is 1.35 bits per heavy atom. The number of fused-ring (bicyclic) bond motifs is 3. The zero-order chi connectivity index (χ0) is 40.5. The first-order valence-corrected chi connectivity index (χ1v) is 20.1. The molecule has 0 aromatic heterocycles. The van der Waals surface area contributed by atoms with Crippen molar-refractivity contribution < 1.29 is 37.4 Å². The maximum absolute atomic E-state index is 16.7. The molecule has 3 saturated carbocycles. The van der Waals surface area contributed by atoms with Crippen LogP contribution in [0, 0.1) is 11.8 Å². The van der Waals surface area contributed by atoms with E-state index in [0.29, 0.717) is 34.6 Å². The first-order chi connectivity index (χ1) is 27.1. The minimum absolute atomic E-state index is 0.00638. The van der Waals surface area contributed by atoms with Gasteiger partial charge in [0.05, 0.1) is 6.10 Å². The van der Waals surface area contributed by atoms with Crippen LogP contribution < -0.4 is 20.7 Å². The average Bonchev–Trinajstić information content (AvgIpc) is 3.76. The first-order valence-electron chi connectivity index (χ1n) is 19.7. The summed E-state index contributed by atoms with van der Waals surface area (Å²) in [5, 5.41) is 9.89. The number of halogens is 3. The first kappa shape index (κ1) is 40.2. The molecule has 3 aliphatic rings. The lowest BCUT2D eigenvalue weighted by Crippen LogP contribution is -2.60. The van der Waals surface area contributed by atoms with Crippen LogP contribution in [0.25, 0.3) is 21.9 Å². The van der Waals surface area contributed by atoms with Gasteiger partial charge in [-0.1, -0.05) is 66.2 Å². The van der Waals surface area contributed by atoms with E-state index in [9.17, 15) is 19.2 Å². The lowest BCUT2D eigenvalue weighted by atomic mass is 9.80. The highest BCUT2D eigenvalue weighted by Crippen LogP contribution is 2.43. The summed E-state index contributed by atoms with van der Waals surface area (Å²) in [4.78, 5) is 53.8. The molecule has 4 aromatic carbocycles. The van der Waals surface area contributed by atoms with Gasteiger partial charge in [0.2, 0.25) is 11.7 Å². The highest BCUT2D eigenvalue weighted by molar-refractivity contribution is 6.43. The van der Waals surface area contributed by atoms with Crippen molar-refractivity contribution in [3.05, 3.63) is 101 Å². The predicted molar refractivity (Wildman–Crippen MR) is 214 cm³/mol. The van der Waals surface area contributed by atoms with Crippen molar-refractivity contribution in [3.8, 4) is 16.9 Å². The molecule has 0 aliphatic heterocycles. The van der Waals surface area contributed by atoms with Gasteiger partial charge in [0, 0.05) is 28.2 Å². The van der Waals surface area contributed by atoms with E-state index >= 15 is 8.78 Å². The minimum Gasteiger partial charge on any atom is -0.490 e. The van der Waals surface area contributed by atoms with Crippen LogP contribution in [0.3, 0.4) is 0 Å². The molecule has 3 unspecified atom stereocenters. The molecule has 3 fully saturated rings. The van der Waals surface area contributed by atoms with E-state index in [0.717, 1.165) is 49.5 Å². The number of rotatable bonds is 11. The second-order valence-corrected chi connectivity index (χ2v) is 17.1. The van der Waals surface area contributed by atoms with Crippen LogP contribution in [0.2, 0.25) is 5.02 Å². The van der Waals surface area contributed by atoms with E-state index in [4.69, 9.17) is 21.1 Å². The van der Waals surface area contributed by atoms with E-state index in [-0.39, 0.29) is 29.5 Å². The number of ketones is 1. The largest absolute Gasteiger partial charge is 0.490 e. The normalized spacial score (nSPS) is 21.4. The summed E-state index contributed by atoms with van der Waals surface area (Å²) in [7, 11) is 0. The molecule has 12 heteroatoms. The Kier molecular flexibility index (Phi) is 11.6. The van der Waals surface area contributed by atoms with Crippen molar-refractivity contribution in [2.45, 2.75) is 108 Å². The number of carbonyl (C=O) groups is 4. The Bertz CT molecular complexity index is 2120. The number of carbonyl (C=O) groups excluding carboxylic acids is 4. The average molecular weight is 800 g/mol. The van der Waals surface area contributed by atoms with Gasteiger partial charge < -0.3 is 25.4 Å². The number of nitrogens with one attached hydrogen (secondary N) is 3. The molecule has 57 heavy (non-hydrogen) atoms. The van der Waals surface area contributed by atoms with Crippen LogP contribution in [-0.2, 0) is 20.2 Å². The summed E-state index contributed by atoms with van der Waals surface area (Å²) >= 11 is 6.03. The second-order valence-electron chi connectivity index (χ2n) is 16.6. The third-order valence-electron chi connectivity index (χ3n) is 11.4. The lowest BCUT2D eigenvalue weighted by Gasteiger charge is -2.37. The summed E-state index contributed by atoms with van der Waals surface area (Å²) in [5.41, 5.74) is 0.213. The molecule has 4 aromatic rings. The van der Waals surface area contributed by atoms with Gasteiger partial charge in [-0.3, -0.25) is 14.4 Å². The number of benzene rings is 4. The van der Waals surface area contributed by atoms with Crippen LogP contribution >= 0.6 is 11.6 Å². The summed E-state index contributed by atoms with van der Waals surface area (Å²) in [6, 6.07) is 19.4. The molecule has 7 rings (SSSR count). The van der Waals surface area contributed by atoms with Gasteiger partial charge in [0.25, 0.3) is 5.91 Å². The predicted octanol–water partition coefficient (Wildman–Crippen LogP) is 9.14. The fourth-order valence-electron chi connectivity index (χ4n) is 8.58. The number of amides is 3. The molecule has 300 valence electrons. The van der Waals surface area contributed by atoms with Gasteiger partial charge in [0.15, 0.2) is 6.04 Å². The molecule has 2 bridgehead atoms. The summed E-state index contributed by atoms with van der Waals surface area (Å²) in [6.45, 7) is 5.33.